The van der Waals surface area contributed by atoms with Crippen molar-refractivity contribution in [2.24, 2.45) is 0 Å². The Morgan fingerprint density at radius 1 is 1.13 bits per heavy atom. The molecule has 3 rings (SSSR count). The summed E-state index contributed by atoms with van der Waals surface area (Å²) in [4.78, 5) is 0. The first-order chi connectivity index (χ1) is 11.1. The molecule has 0 aliphatic carbocycles. The van der Waals surface area contributed by atoms with Crippen molar-refractivity contribution in [1.82, 2.24) is 20.2 Å². The quantitative estimate of drug-likeness (QED) is 0.722. The van der Waals surface area contributed by atoms with Crippen LogP contribution in [-0.4, -0.2) is 24.4 Å². The molecular weight excluding hydrogens is 315 g/mol. The van der Waals surface area contributed by atoms with Crippen LogP contribution in [0.2, 0.25) is 0 Å². The summed E-state index contributed by atoms with van der Waals surface area (Å²) < 4.78 is 27.2. The smallest absolute Gasteiger partial charge is 0.169 e. The molecule has 5 nitrogen and oxygen atoms in total. The molecular formula is C16H15FN4OS. The minimum atomic E-state index is -1.22. The molecule has 1 aromatic heterocycles. The van der Waals surface area contributed by atoms with Gasteiger partial charge in [0, 0.05) is 10.8 Å². The molecule has 0 saturated heterocycles. The molecule has 0 saturated carbocycles. The average Bonchev–Trinajstić information content (AvgIpc) is 3.04. The van der Waals surface area contributed by atoms with E-state index in [4.69, 9.17) is 0 Å². The molecule has 118 valence electrons. The van der Waals surface area contributed by atoms with Crippen molar-refractivity contribution < 1.29 is 8.60 Å². The van der Waals surface area contributed by atoms with Crippen LogP contribution in [0.5, 0.6) is 0 Å². The molecule has 2 aromatic carbocycles. The molecule has 0 bridgehead atoms. The number of hydrogen-bond acceptors (Lipinski definition) is 4. The van der Waals surface area contributed by atoms with Gasteiger partial charge in [-0.1, -0.05) is 30.3 Å². The van der Waals surface area contributed by atoms with E-state index in [0.29, 0.717) is 5.82 Å². The van der Waals surface area contributed by atoms with Crippen LogP contribution in [0.4, 0.5) is 4.39 Å². The molecule has 7 heteroatoms. The molecule has 0 radical (unpaired) electrons. The first-order valence-electron chi connectivity index (χ1n) is 7.10. The van der Waals surface area contributed by atoms with Gasteiger partial charge in [-0.25, -0.2) is 4.39 Å². The van der Waals surface area contributed by atoms with Gasteiger partial charge in [-0.15, -0.1) is 5.10 Å². The summed E-state index contributed by atoms with van der Waals surface area (Å²) in [6, 6.07) is 15.5. The van der Waals surface area contributed by atoms with Crippen molar-refractivity contribution in [3.05, 3.63) is 71.8 Å². The zero-order chi connectivity index (χ0) is 16.2. The van der Waals surface area contributed by atoms with Crippen molar-refractivity contribution >= 4 is 10.8 Å². The lowest BCUT2D eigenvalue weighted by Crippen LogP contribution is -2.10. The monoisotopic (exact) mass is 330 g/mol. The number of hydrogen-bond donors (Lipinski definition) is 0. The van der Waals surface area contributed by atoms with E-state index >= 15 is 0 Å². The molecule has 3 aromatic rings. The number of nitrogens with zero attached hydrogens (tertiary/aromatic N) is 4. The number of benzene rings is 2. The van der Waals surface area contributed by atoms with E-state index in [1.165, 1.54) is 12.1 Å². The van der Waals surface area contributed by atoms with Crippen LogP contribution in [0.15, 0.2) is 54.6 Å². The number of rotatable bonds is 5. The van der Waals surface area contributed by atoms with Gasteiger partial charge in [-0.2, -0.15) is 4.68 Å². The van der Waals surface area contributed by atoms with Crippen LogP contribution >= 0.6 is 0 Å². The van der Waals surface area contributed by atoms with Gasteiger partial charge in [0.05, 0.1) is 16.7 Å². The van der Waals surface area contributed by atoms with Gasteiger partial charge < -0.3 is 0 Å². The van der Waals surface area contributed by atoms with Crippen LogP contribution in [0.1, 0.15) is 23.6 Å². The van der Waals surface area contributed by atoms with Gasteiger partial charge in [0.25, 0.3) is 0 Å². The van der Waals surface area contributed by atoms with Gasteiger partial charge >= 0.3 is 0 Å². The highest BCUT2D eigenvalue weighted by molar-refractivity contribution is 7.84. The standard InChI is InChI=1S/C16H15FN4OS/c1-12(13-7-9-14(17)10-8-13)23(22)11-16-18-19-20-21(16)15-5-3-2-4-6-15/h2-10,12H,11H2,1H3/t12-,23-/m1/s1. The predicted molar refractivity (Wildman–Crippen MR) is 85.8 cm³/mol. The van der Waals surface area contributed by atoms with Crippen molar-refractivity contribution in [1.29, 1.82) is 0 Å². The molecule has 0 unspecified atom stereocenters. The summed E-state index contributed by atoms with van der Waals surface area (Å²) in [6.07, 6.45) is 0. The summed E-state index contributed by atoms with van der Waals surface area (Å²) in [5.41, 5.74) is 1.64. The average molecular weight is 330 g/mol. The Bertz CT molecular complexity index is 804. The van der Waals surface area contributed by atoms with Gasteiger partial charge in [-0.3, -0.25) is 4.21 Å². The molecule has 0 fully saturated rings. The number of tetrazole rings is 1. The molecule has 0 amide bonds. The summed E-state index contributed by atoms with van der Waals surface area (Å²) in [6.45, 7) is 1.85. The molecule has 0 aliphatic rings. The lowest BCUT2D eigenvalue weighted by Gasteiger charge is -2.11. The lowest BCUT2D eigenvalue weighted by atomic mass is 10.2. The first kappa shape index (κ1) is 15.5. The fourth-order valence-electron chi connectivity index (χ4n) is 2.20. The van der Waals surface area contributed by atoms with Crippen molar-refractivity contribution in [2.45, 2.75) is 17.9 Å². The number of para-hydroxylation sites is 1. The highest BCUT2D eigenvalue weighted by atomic mass is 32.2. The van der Waals surface area contributed by atoms with E-state index in [9.17, 15) is 8.60 Å². The van der Waals surface area contributed by atoms with E-state index in [1.807, 2.05) is 37.3 Å². The third kappa shape index (κ3) is 3.50. The molecule has 1 heterocycles. The summed E-state index contributed by atoms with van der Waals surface area (Å²) in [7, 11) is -1.22. The zero-order valence-electron chi connectivity index (χ0n) is 12.5. The van der Waals surface area contributed by atoms with Crippen LogP contribution in [0, 0.1) is 5.82 Å². The van der Waals surface area contributed by atoms with Gasteiger partial charge in [-0.05, 0) is 47.2 Å². The Morgan fingerprint density at radius 3 is 2.52 bits per heavy atom. The van der Waals surface area contributed by atoms with Crippen LogP contribution in [-0.2, 0) is 16.6 Å². The fraction of sp³-hybridized carbons (Fsp3) is 0.188. The minimum Gasteiger partial charge on any atom is -0.258 e. The van der Waals surface area contributed by atoms with Crippen molar-refractivity contribution in [3.8, 4) is 5.69 Å². The molecule has 0 spiro atoms. The van der Waals surface area contributed by atoms with E-state index in [1.54, 1.807) is 16.8 Å². The van der Waals surface area contributed by atoms with E-state index in [2.05, 4.69) is 15.5 Å². The summed E-state index contributed by atoms with van der Waals surface area (Å²) in [5.74, 6) is 0.448. The van der Waals surface area contributed by atoms with Crippen LogP contribution in [0.25, 0.3) is 5.69 Å². The van der Waals surface area contributed by atoms with Gasteiger partial charge in [0.1, 0.15) is 5.82 Å². The summed E-state index contributed by atoms with van der Waals surface area (Å²) >= 11 is 0. The topological polar surface area (TPSA) is 60.7 Å². The highest BCUT2D eigenvalue weighted by Gasteiger charge is 2.18. The predicted octanol–water partition coefficient (Wildman–Crippen LogP) is 2.81. The lowest BCUT2D eigenvalue weighted by molar-refractivity contribution is 0.626. The van der Waals surface area contributed by atoms with Gasteiger partial charge in [0.15, 0.2) is 5.82 Å². The number of halogens is 1. The minimum absolute atomic E-state index is 0.223. The Labute approximate surface area is 135 Å². The third-order valence-electron chi connectivity index (χ3n) is 3.54. The Morgan fingerprint density at radius 2 is 1.83 bits per heavy atom. The second-order valence-electron chi connectivity index (χ2n) is 5.06. The maximum absolute atomic E-state index is 13.0. The third-order valence-corrected chi connectivity index (χ3v) is 5.14. The Balaban J connectivity index is 1.79. The second-order valence-corrected chi connectivity index (χ2v) is 6.82. The van der Waals surface area contributed by atoms with Crippen LogP contribution < -0.4 is 0 Å². The van der Waals surface area contributed by atoms with Crippen molar-refractivity contribution in [3.63, 3.8) is 0 Å². The van der Waals surface area contributed by atoms with E-state index in [-0.39, 0.29) is 16.8 Å². The maximum Gasteiger partial charge on any atom is 0.169 e. The summed E-state index contributed by atoms with van der Waals surface area (Å²) in [5, 5.41) is 11.4. The Hall–Kier alpha value is -2.41. The second kappa shape index (κ2) is 6.78. The first-order valence-corrected chi connectivity index (χ1v) is 8.48. The highest BCUT2D eigenvalue weighted by Crippen LogP contribution is 2.22. The Kier molecular flexibility index (Phi) is 4.57. The van der Waals surface area contributed by atoms with Crippen molar-refractivity contribution in [2.75, 3.05) is 0 Å². The zero-order valence-corrected chi connectivity index (χ0v) is 13.3. The normalized spacial score (nSPS) is 13.7. The van der Waals surface area contributed by atoms with Crippen LogP contribution in [0.3, 0.4) is 0 Å². The maximum atomic E-state index is 13.0. The van der Waals surface area contributed by atoms with E-state index in [0.717, 1.165) is 11.3 Å². The largest absolute Gasteiger partial charge is 0.258 e. The molecule has 0 N–H and O–H groups in total. The molecule has 23 heavy (non-hydrogen) atoms. The molecule has 2 atom stereocenters. The number of aromatic nitrogens is 4. The van der Waals surface area contributed by atoms with E-state index < -0.39 is 10.8 Å². The molecule has 0 aliphatic heterocycles. The fourth-order valence-corrected chi connectivity index (χ4v) is 3.35. The van der Waals surface area contributed by atoms with Gasteiger partial charge in [0.2, 0.25) is 0 Å². The SMILES string of the molecule is C[C@H](c1ccc(F)cc1)[S@](=O)Cc1nnnn1-c1ccccc1.